The minimum absolute atomic E-state index is 0.583. The number of aromatic nitrogens is 3. The van der Waals surface area contributed by atoms with Crippen molar-refractivity contribution in [1.29, 1.82) is 0 Å². The highest BCUT2D eigenvalue weighted by atomic mass is 79.9. The first-order chi connectivity index (χ1) is 10.6. The summed E-state index contributed by atoms with van der Waals surface area (Å²) in [5.74, 6) is 0. The van der Waals surface area contributed by atoms with Crippen molar-refractivity contribution in [3.63, 3.8) is 0 Å². The van der Waals surface area contributed by atoms with Crippen LogP contribution in [0.4, 0.5) is 0 Å². The Morgan fingerprint density at radius 2 is 1.86 bits per heavy atom. The summed E-state index contributed by atoms with van der Waals surface area (Å²) < 4.78 is 2.86. The quantitative estimate of drug-likeness (QED) is 0.420. The lowest BCUT2D eigenvalue weighted by Crippen LogP contribution is -1.86. The van der Waals surface area contributed by atoms with Gasteiger partial charge in [0.2, 0.25) is 0 Å². The summed E-state index contributed by atoms with van der Waals surface area (Å²) in [6.45, 7) is 0. The SMILES string of the molecule is Clc1cccc(Cl)c1-c1cn2ccc3ncc(Br)cc3c2n1. The van der Waals surface area contributed by atoms with Gasteiger partial charge in [0.1, 0.15) is 5.65 Å². The normalized spacial score (nSPS) is 11.4. The monoisotopic (exact) mass is 391 g/mol. The summed E-state index contributed by atoms with van der Waals surface area (Å²) in [5, 5.41) is 2.13. The molecule has 6 heteroatoms. The van der Waals surface area contributed by atoms with Crippen LogP contribution in [-0.2, 0) is 0 Å². The van der Waals surface area contributed by atoms with E-state index in [-0.39, 0.29) is 0 Å². The maximum Gasteiger partial charge on any atom is 0.146 e. The second-order valence-electron chi connectivity index (χ2n) is 4.86. The highest BCUT2D eigenvalue weighted by molar-refractivity contribution is 9.10. The number of hydrogen-bond acceptors (Lipinski definition) is 2. The Kier molecular flexibility index (Phi) is 3.33. The zero-order chi connectivity index (χ0) is 15.3. The molecule has 3 heterocycles. The average molecular weight is 393 g/mol. The van der Waals surface area contributed by atoms with Gasteiger partial charge in [-0.15, -0.1) is 0 Å². The van der Waals surface area contributed by atoms with Crippen molar-refractivity contribution in [3.05, 3.63) is 63.4 Å². The number of hydrogen-bond donors (Lipinski definition) is 0. The van der Waals surface area contributed by atoms with Gasteiger partial charge in [0.05, 0.1) is 21.3 Å². The van der Waals surface area contributed by atoms with Crippen LogP contribution in [0.1, 0.15) is 0 Å². The van der Waals surface area contributed by atoms with E-state index in [1.54, 1.807) is 6.20 Å². The summed E-state index contributed by atoms with van der Waals surface area (Å²) in [7, 11) is 0. The minimum atomic E-state index is 0.583. The fourth-order valence-corrected chi connectivity index (χ4v) is 3.40. The highest BCUT2D eigenvalue weighted by Crippen LogP contribution is 2.34. The van der Waals surface area contributed by atoms with Gasteiger partial charge in [-0.3, -0.25) is 4.98 Å². The van der Waals surface area contributed by atoms with Crippen molar-refractivity contribution in [2.75, 3.05) is 0 Å². The van der Waals surface area contributed by atoms with Crippen LogP contribution in [0.2, 0.25) is 10.0 Å². The van der Waals surface area contributed by atoms with Crippen molar-refractivity contribution in [3.8, 4) is 11.3 Å². The van der Waals surface area contributed by atoms with Crippen molar-refractivity contribution < 1.29 is 0 Å². The van der Waals surface area contributed by atoms with Crippen LogP contribution in [-0.4, -0.2) is 14.4 Å². The molecule has 0 saturated carbocycles. The lowest BCUT2D eigenvalue weighted by molar-refractivity contribution is 1.19. The predicted octanol–water partition coefficient (Wildman–Crippen LogP) is 5.62. The third kappa shape index (κ3) is 2.19. The Balaban J connectivity index is 2.06. The number of pyridine rings is 2. The number of imidazole rings is 1. The fourth-order valence-electron chi connectivity index (χ4n) is 2.48. The molecular weight excluding hydrogens is 385 g/mol. The Bertz CT molecular complexity index is 1010. The Hall–Kier alpha value is -1.62. The highest BCUT2D eigenvalue weighted by Gasteiger charge is 2.13. The largest absolute Gasteiger partial charge is 0.306 e. The maximum atomic E-state index is 6.28. The van der Waals surface area contributed by atoms with Crippen molar-refractivity contribution in [2.24, 2.45) is 0 Å². The first-order valence-electron chi connectivity index (χ1n) is 6.51. The number of benzene rings is 1. The van der Waals surface area contributed by atoms with Crippen LogP contribution in [0.15, 0.2) is 53.4 Å². The van der Waals surface area contributed by atoms with E-state index in [0.717, 1.165) is 32.3 Å². The summed E-state index contributed by atoms with van der Waals surface area (Å²) in [6, 6.07) is 9.39. The summed E-state index contributed by atoms with van der Waals surface area (Å²) in [6.07, 6.45) is 5.62. The van der Waals surface area contributed by atoms with E-state index in [0.29, 0.717) is 10.0 Å². The first kappa shape index (κ1) is 14.0. The van der Waals surface area contributed by atoms with Crippen LogP contribution in [0.5, 0.6) is 0 Å². The smallest absolute Gasteiger partial charge is 0.146 e. The molecule has 0 amide bonds. The fraction of sp³-hybridized carbons (Fsp3) is 0. The van der Waals surface area contributed by atoms with Crippen LogP contribution in [0.3, 0.4) is 0 Å². The van der Waals surface area contributed by atoms with Gasteiger partial charge in [0, 0.05) is 34.0 Å². The van der Waals surface area contributed by atoms with Crippen molar-refractivity contribution in [1.82, 2.24) is 14.4 Å². The van der Waals surface area contributed by atoms with E-state index in [1.165, 1.54) is 0 Å². The molecule has 22 heavy (non-hydrogen) atoms. The molecular formula is C16H8BrCl2N3. The van der Waals surface area contributed by atoms with Gasteiger partial charge in [0.25, 0.3) is 0 Å². The lowest BCUT2D eigenvalue weighted by Gasteiger charge is -2.02. The Morgan fingerprint density at radius 1 is 1.09 bits per heavy atom. The molecule has 0 aliphatic carbocycles. The Labute approximate surface area is 144 Å². The molecule has 4 rings (SSSR count). The standard InChI is InChI=1S/C16H8BrCl2N3/c17-9-6-10-13(20-7-9)4-5-22-8-14(21-16(10)22)15-11(18)2-1-3-12(15)19/h1-8H. The van der Waals surface area contributed by atoms with Gasteiger partial charge < -0.3 is 4.40 Å². The van der Waals surface area contributed by atoms with Gasteiger partial charge in [0.15, 0.2) is 0 Å². The molecule has 0 atom stereocenters. The molecule has 0 N–H and O–H groups in total. The number of fused-ring (bicyclic) bond motifs is 3. The number of halogens is 3. The van der Waals surface area contributed by atoms with Crippen molar-refractivity contribution >= 4 is 55.7 Å². The van der Waals surface area contributed by atoms with E-state index in [2.05, 4.69) is 20.9 Å². The molecule has 3 aromatic heterocycles. The number of nitrogens with zero attached hydrogens (tertiary/aromatic N) is 3. The molecule has 0 radical (unpaired) electrons. The molecule has 0 aliphatic rings. The van der Waals surface area contributed by atoms with E-state index < -0.39 is 0 Å². The second-order valence-corrected chi connectivity index (χ2v) is 6.59. The van der Waals surface area contributed by atoms with E-state index in [1.807, 2.05) is 47.1 Å². The van der Waals surface area contributed by atoms with Gasteiger partial charge in [-0.25, -0.2) is 4.98 Å². The first-order valence-corrected chi connectivity index (χ1v) is 8.06. The molecule has 1 aromatic carbocycles. The zero-order valence-electron chi connectivity index (χ0n) is 11.1. The van der Waals surface area contributed by atoms with Crippen molar-refractivity contribution in [2.45, 2.75) is 0 Å². The molecule has 0 bridgehead atoms. The van der Waals surface area contributed by atoms with Gasteiger partial charge in [-0.1, -0.05) is 29.3 Å². The van der Waals surface area contributed by atoms with Crippen LogP contribution >= 0.6 is 39.1 Å². The van der Waals surface area contributed by atoms with Crippen LogP contribution in [0.25, 0.3) is 27.8 Å². The third-order valence-corrected chi connectivity index (χ3v) is 4.53. The van der Waals surface area contributed by atoms with E-state index in [9.17, 15) is 0 Å². The predicted molar refractivity (Wildman–Crippen MR) is 93.6 cm³/mol. The van der Waals surface area contributed by atoms with E-state index >= 15 is 0 Å². The van der Waals surface area contributed by atoms with Gasteiger partial charge in [-0.2, -0.15) is 0 Å². The molecule has 4 aromatic rings. The number of rotatable bonds is 1. The summed E-state index contributed by atoms with van der Waals surface area (Å²) in [5.41, 5.74) is 3.18. The van der Waals surface area contributed by atoms with Crippen LogP contribution < -0.4 is 0 Å². The zero-order valence-corrected chi connectivity index (χ0v) is 14.2. The molecule has 3 nitrogen and oxygen atoms in total. The third-order valence-electron chi connectivity index (χ3n) is 3.47. The Morgan fingerprint density at radius 3 is 2.64 bits per heavy atom. The lowest BCUT2D eigenvalue weighted by atomic mass is 10.2. The molecule has 0 aliphatic heterocycles. The molecule has 108 valence electrons. The van der Waals surface area contributed by atoms with Crippen LogP contribution in [0, 0.1) is 0 Å². The van der Waals surface area contributed by atoms with Gasteiger partial charge in [-0.05, 0) is 40.2 Å². The molecule has 0 fully saturated rings. The van der Waals surface area contributed by atoms with Gasteiger partial charge >= 0.3 is 0 Å². The molecule has 0 spiro atoms. The summed E-state index contributed by atoms with van der Waals surface area (Å²) in [4.78, 5) is 9.10. The average Bonchev–Trinajstić information content (AvgIpc) is 2.91. The molecule has 0 saturated heterocycles. The maximum absolute atomic E-state index is 6.28. The molecule has 0 unspecified atom stereocenters. The van der Waals surface area contributed by atoms with E-state index in [4.69, 9.17) is 28.2 Å². The summed E-state index contributed by atoms with van der Waals surface area (Å²) >= 11 is 16.0. The minimum Gasteiger partial charge on any atom is -0.306 e. The topological polar surface area (TPSA) is 30.2 Å². The second kappa shape index (κ2) is 5.23.